The molecule has 2 fully saturated rings. The fraction of sp³-hybridized carbons (Fsp3) is 0.393. The smallest absolute Gasteiger partial charge is 0.227 e. The van der Waals surface area contributed by atoms with E-state index in [4.69, 9.17) is 4.74 Å². The quantitative estimate of drug-likeness (QED) is 0.546. The molecule has 0 N–H and O–H groups in total. The largest absolute Gasteiger partial charge is 0.497 e. The first-order valence-electron chi connectivity index (χ1n) is 12.5. The molecule has 3 heterocycles. The van der Waals surface area contributed by atoms with Crippen molar-refractivity contribution in [3.63, 3.8) is 0 Å². The van der Waals surface area contributed by atoms with Crippen LogP contribution in [0, 0.1) is 5.92 Å². The summed E-state index contributed by atoms with van der Waals surface area (Å²) in [5.41, 5.74) is 3.22. The number of aromatic nitrogens is 2. The average molecular weight is 472 g/mol. The summed E-state index contributed by atoms with van der Waals surface area (Å²) in [5, 5.41) is 0. The molecular weight excluding hydrogens is 438 g/mol. The van der Waals surface area contributed by atoms with Crippen molar-refractivity contribution in [2.24, 2.45) is 5.92 Å². The minimum Gasteiger partial charge on any atom is -0.497 e. The molecule has 1 unspecified atom stereocenters. The molecule has 2 aromatic carbocycles. The Morgan fingerprint density at radius 3 is 2.49 bits per heavy atom. The van der Waals surface area contributed by atoms with Crippen molar-refractivity contribution in [1.82, 2.24) is 19.8 Å². The highest BCUT2D eigenvalue weighted by molar-refractivity contribution is 5.80. The van der Waals surface area contributed by atoms with Crippen molar-refractivity contribution in [2.45, 2.75) is 19.4 Å². The highest BCUT2D eigenvalue weighted by Crippen LogP contribution is 2.27. The number of nitrogens with zero attached hydrogens (tertiary/aromatic N) is 5. The van der Waals surface area contributed by atoms with Gasteiger partial charge in [-0.3, -0.25) is 9.69 Å². The second kappa shape index (κ2) is 10.9. The Morgan fingerprint density at radius 1 is 0.971 bits per heavy atom. The number of hydrogen-bond donors (Lipinski definition) is 0. The van der Waals surface area contributed by atoms with Crippen molar-refractivity contribution < 1.29 is 9.53 Å². The zero-order valence-corrected chi connectivity index (χ0v) is 20.3. The lowest BCUT2D eigenvalue weighted by atomic mass is 9.96. The molecule has 0 saturated carbocycles. The maximum atomic E-state index is 13.4. The predicted octanol–water partition coefficient (Wildman–Crippen LogP) is 3.71. The van der Waals surface area contributed by atoms with E-state index in [9.17, 15) is 4.79 Å². The van der Waals surface area contributed by atoms with Gasteiger partial charge in [-0.2, -0.15) is 0 Å². The van der Waals surface area contributed by atoms with E-state index in [-0.39, 0.29) is 5.92 Å². The van der Waals surface area contributed by atoms with Gasteiger partial charge in [-0.05, 0) is 42.7 Å². The Labute approximate surface area is 207 Å². The maximum absolute atomic E-state index is 13.4. The Morgan fingerprint density at radius 2 is 1.74 bits per heavy atom. The van der Waals surface area contributed by atoms with Crippen molar-refractivity contribution in [2.75, 3.05) is 51.3 Å². The fourth-order valence-corrected chi connectivity index (χ4v) is 5.05. The Kier molecular flexibility index (Phi) is 7.23. The lowest BCUT2D eigenvalue weighted by Crippen LogP contribution is -2.52. The molecule has 1 aromatic heterocycles. The minimum absolute atomic E-state index is 0.0174. The van der Waals surface area contributed by atoms with E-state index in [0.717, 1.165) is 74.9 Å². The number of carbonyl (C=O) groups excluding carboxylic acids is 1. The lowest BCUT2D eigenvalue weighted by molar-refractivity contribution is -0.137. The molecule has 2 saturated heterocycles. The van der Waals surface area contributed by atoms with Crippen molar-refractivity contribution in [1.29, 1.82) is 0 Å². The summed E-state index contributed by atoms with van der Waals surface area (Å²) in [7, 11) is 1.66. The maximum Gasteiger partial charge on any atom is 0.227 e. The average Bonchev–Trinajstić information content (AvgIpc) is 2.94. The van der Waals surface area contributed by atoms with Crippen molar-refractivity contribution >= 4 is 11.7 Å². The number of amides is 1. The van der Waals surface area contributed by atoms with Crippen LogP contribution in [0.4, 0.5) is 5.82 Å². The Hall–Kier alpha value is -3.45. The number of methoxy groups -OCH3 is 1. The van der Waals surface area contributed by atoms with E-state index in [0.29, 0.717) is 12.5 Å². The molecule has 0 radical (unpaired) electrons. The molecule has 182 valence electrons. The second-order valence-electron chi connectivity index (χ2n) is 9.36. The third kappa shape index (κ3) is 5.62. The molecule has 1 atom stereocenters. The number of hydrogen-bond acceptors (Lipinski definition) is 6. The van der Waals surface area contributed by atoms with E-state index < -0.39 is 0 Å². The van der Waals surface area contributed by atoms with Crippen LogP contribution < -0.4 is 9.64 Å². The highest BCUT2D eigenvalue weighted by atomic mass is 16.5. The van der Waals surface area contributed by atoms with Crippen LogP contribution in [0.3, 0.4) is 0 Å². The van der Waals surface area contributed by atoms with Gasteiger partial charge in [0, 0.05) is 57.4 Å². The Bertz CT molecular complexity index is 1110. The number of anilines is 1. The van der Waals surface area contributed by atoms with Crippen LogP contribution in [0.15, 0.2) is 67.0 Å². The SMILES string of the molecule is COc1ccc(-c2cc(N3CCCC(C(=O)N4CCN(Cc5ccccc5)CC4)C3)ncn2)cc1. The number of ether oxygens (including phenoxy) is 1. The van der Waals surface area contributed by atoms with Gasteiger partial charge in [0.25, 0.3) is 0 Å². The van der Waals surface area contributed by atoms with Gasteiger partial charge in [-0.25, -0.2) is 9.97 Å². The van der Waals surface area contributed by atoms with Crippen LogP contribution in [0.2, 0.25) is 0 Å². The molecule has 35 heavy (non-hydrogen) atoms. The third-order valence-corrected chi connectivity index (χ3v) is 7.07. The first kappa shape index (κ1) is 23.3. The molecule has 5 rings (SSSR count). The van der Waals surface area contributed by atoms with Gasteiger partial charge in [-0.1, -0.05) is 30.3 Å². The summed E-state index contributed by atoms with van der Waals surface area (Å²) in [6, 6.07) is 20.5. The van der Waals surface area contributed by atoms with Crippen LogP contribution in [-0.4, -0.2) is 72.1 Å². The highest BCUT2D eigenvalue weighted by Gasteiger charge is 2.31. The van der Waals surface area contributed by atoms with E-state index >= 15 is 0 Å². The van der Waals surface area contributed by atoms with Crippen LogP contribution >= 0.6 is 0 Å². The lowest BCUT2D eigenvalue weighted by Gasteiger charge is -2.39. The number of piperazine rings is 1. The third-order valence-electron chi connectivity index (χ3n) is 7.07. The number of rotatable bonds is 6. The molecule has 0 bridgehead atoms. The molecule has 2 aliphatic heterocycles. The molecule has 0 spiro atoms. The second-order valence-corrected chi connectivity index (χ2v) is 9.36. The summed E-state index contributed by atoms with van der Waals surface area (Å²) >= 11 is 0. The standard InChI is InChI=1S/C28H33N5O2/c1-35-25-11-9-23(10-12-25)26-18-27(30-21-29-26)33-13-5-8-24(20-33)28(34)32-16-14-31(15-17-32)19-22-6-3-2-4-7-22/h2-4,6-7,9-12,18,21,24H,5,8,13-17,19-20H2,1H3. The molecule has 2 aliphatic rings. The van der Waals surface area contributed by atoms with E-state index in [1.165, 1.54) is 5.56 Å². The molecule has 7 heteroatoms. The molecular formula is C28H33N5O2. The van der Waals surface area contributed by atoms with E-state index in [2.05, 4.69) is 55.0 Å². The zero-order valence-electron chi connectivity index (χ0n) is 20.3. The van der Waals surface area contributed by atoms with Gasteiger partial charge in [0.05, 0.1) is 18.7 Å². The van der Waals surface area contributed by atoms with Gasteiger partial charge in [0.15, 0.2) is 0 Å². The summed E-state index contributed by atoms with van der Waals surface area (Å²) in [4.78, 5) is 29.1. The Balaban J connectivity index is 1.19. The monoisotopic (exact) mass is 471 g/mol. The number of piperidine rings is 1. The predicted molar refractivity (Wildman–Crippen MR) is 137 cm³/mol. The number of carbonyl (C=O) groups is 1. The normalized spacial score (nSPS) is 18.9. The van der Waals surface area contributed by atoms with Gasteiger partial charge in [0.2, 0.25) is 5.91 Å². The summed E-state index contributed by atoms with van der Waals surface area (Å²) in [6.45, 7) is 6.02. The van der Waals surface area contributed by atoms with Crippen LogP contribution in [-0.2, 0) is 11.3 Å². The first-order chi connectivity index (χ1) is 17.2. The van der Waals surface area contributed by atoms with Crippen LogP contribution in [0.25, 0.3) is 11.3 Å². The molecule has 0 aliphatic carbocycles. The van der Waals surface area contributed by atoms with Crippen LogP contribution in [0.5, 0.6) is 5.75 Å². The topological polar surface area (TPSA) is 61.8 Å². The van der Waals surface area contributed by atoms with Crippen molar-refractivity contribution in [3.8, 4) is 17.0 Å². The van der Waals surface area contributed by atoms with Crippen molar-refractivity contribution in [3.05, 3.63) is 72.6 Å². The summed E-state index contributed by atoms with van der Waals surface area (Å²) < 4.78 is 5.26. The van der Waals surface area contributed by atoms with Gasteiger partial charge in [-0.15, -0.1) is 0 Å². The number of benzene rings is 2. The fourth-order valence-electron chi connectivity index (χ4n) is 5.05. The molecule has 3 aromatic rings. The van der Waals surface area contributed by atoms with E-state index in [1.54, 1.807) is 13.4 Å². The molecule has 7 nitrogen and oxygen atoms in total. The van der Waals surface area contributed by atoms with Crippen LogP contribution in [0.1, 0.15) is 18.4 Å². The minimum atomic E-state index is 0.0174. The van der Waals surface area contributed by atoms with E-state index in [1.807, 2.05) is 30.3 Å². The summed E-state index contributed by atoms with van der Waals surface area (Å²) in [5.74, 6) is 2.01. The van der Waals surface area contributed by atoms with Gasteiger partial charge in [0.1, 0.15) is 17.9 Å². The van der Waals surface area contributed by atoms with Gasteiger partial charge >= 0.3 is 0 Å². The zero-order chi connectivity index (χ0) is 24.0. The summed E-state index contributed by atoms with van der Waals surface area (Å²) in [6.07, 6.45) is 3.55. The first-order valence-corrected chi connectivity index (χ1v) is 12.5. The van der Waals surface area contributed by atoms with Gasteiger partial charge < -0.3 is 14.5 Å². The molecule has 1 amide bonds.